The highest BCUT2D eigenvalue weighted by molar-refractivity contribution is 5.84. The van der Waals surface area contributed by atoms with Gasteiger partial charge in [0.2, 0.25) is 0 Å². The van der Waals surface area contributed by atoms with E-state index in [1.807, 2.05) is 54.0 Å². The summed E-state index contributed by atoms with van der Waals surface area (Å²) in [6.07, 6.45) is 2.53. The van der Waals surface area contributed by atoms with E-state index >= 15 is 0 Å². The monoisotopic (exact) mass is 389 g/mol. The van der Waals surface area contributed by atoms with Crippen molar-refractivity contribution in [1.82, 2.24) is 19.5 Å². The van der Waals surface area contributed by atoms with E-state index in [-0.39, 0.29) is 0 Å². The molecule has 0 atom stereocenters. The van der Waals surface area contributed by atoms with Crippen molar-refractivity contribution in [3.05, 3.63) is 66.5 Å². The number of nitrogens with one attached hydrogen (secondary N) is 1. The zero-order valence-electron chi connectivity index (χ0n) is 16.5. The van der Waals surface area contributed by atoms with Crippen LogP contribution in [0.2, 0.25) is 0 Å². The molecule has 0 unspecified atom stereocenters. The standard InChI is InChI=1S/C22H23N5O2/c1-3-23-20-19-21(27(15-24-19)17-9-11-18(28-2)12-10-17)26-22(25-20)29-14-13-16-7-5-4-6-8-16/h4-12,15H,3,13-14H2,1-2H3,(H,23,25,26). The summed E-state index contributed by atoms with van der Waals surface area (Å²) in [5.74, 6) is 1.46. The maximum absolute atomic E-state index is 5.88. The van der Waals surface area contributed by atoms with Gasteiger partial charge in [0.05, 0.1) is 13.7 Å². The summed E-state index contributed by atoms with van der Waals surface area (Å²) in [7, 11) is 1.65. The number of hydrogen-bond donors (Lipinski definition) is 1. The van der Waals surface area contributed by atoms with Gasteiger partial charge in [0.25, 0.3) is 0 Å². The van der Waals surface area contributed by atoms with Crippen LogP contribution in [0.25, 0.3) is 16.9 Å². The van der Waals surface area contributed by atoms with Gasteiger partial charge >= 0.3 is 6.01 Å². The third-order valence-electron chi connectivity index (χ3n) is 4.54. The Morgan fingerprint density at radius 1 is 1.00 bits per heavy atom. The Morgan fingerprint density at radius 3 is 2.52 bits per heavy atom. The number of aromatic nitrogens is 4. The maximum Gasteiger partial charge on any atom is 0.320 e. The van der Waals surface area contributed by atoms with Gasteiger partial charge in [0.1, 0.15) is 12.1 Å². The van der Waals surface area contributed by atoms with Gasteiger partial charge < -0.3 is 14.8 Å². The average Bonchev–Trinajstić information content (AvgIpc) is 3.19. The Morgan fingerprint density at radius 2 is 1.79 bits per heavy atom. The number of ether oxygens (including phenoxy) is 2. The predicted molar refractivity (Wildman–Crippen MR) is 113 cm³/mol. The molecule has 0 saturated carbocycles. The first-order valence-corrected chi connectivity index (χ1v) is 9.58. The van der Waals surface area contributed by atoms with E-state index in [1.165, 1.54) is 5.56 Å². The molecule has 148 valence electrons. The molecule has 4 aromatic rings. The van der Waals surface area contributed by atoms with Gasteiger partial charge in [0, 0.05) is 18.7 Å². The van der Waals surface area contributed by atoms with Crippen LogP contribution in [-0.2, 0) is 6.42 Å². The van der Waals surface area contributed by atoms with Crippen molar-refractivity contribution in [3.8, 4) is 17.4 Å². The van der Waals surface area contributed by atoms with Crippen LogP contribution in [0.4, 0.5) is 5.82 Å². The number of nitrogens with zero attached hydrogens (tertiary/aromatic N) is 4. The highest BCUT2D eigenvalue weighted by atomic mass is 16.5. The van der Waals surface area contributed by atoms with Crippen LogP contribution >= 0.6 is 0 Å². The lowest BCUT2D eigenvalue weighted by molar-refractivity contribution is 0.298. The van der Waals surface area contributed by atoms with E-state index in [0.717, 1.165) is 24.4 Å². The molecule has 1 N–H and O–H groups in total. The maximum atomic E-state index is 5.88. The van der Waals surface area contributed by atoms with Crippen molar-refractivity contribution in [2.24, 2.45) is 0 Å². The molecule has 0 aliphatic carbocycles. The fourth-order valence-electron chi connectivity index (χ4n) is 3.07. The van der Waals surface area contributed by atoms with Crippen molar-refractivity contribution < 1.29 is 9.47 Å². The lowest BCUT2D eigenvalue weighted by atomic mass is 10.2. The lowest BCUT2D eigenvalue weighted by Crippen LogP contribution is -2.08. The van der Waals surface area contributed by atoms with Crippen LogP contribution in [0.1, 0.15) is 12.5 Å². The van der Waals surface area contributed by atoms with Crippen LogP contribution in [0, 0.1) is 0 Å². The largest absolute Gasteiger partial charge is 0.497 e. The molecular weight excluding hydrogens is 366 g/mol. The van der Waals surface area contributed by atoms with Crippen molar-refractivity contribution in [3.63, 3.8) is 0 Å². The summed E-state index contributed by atoms with van der Waals surface area (Å²) in [5.41, 5.74) is 3.54. The van der Waals surface area contributed by atoms with Gasteiger partial charge in [-0.3, -0.25) is 4.57 Å². The minimum atomic E-state index is 0.333. The molecule has 0 aliphatic heterocycles. The van der Waals surface area contributed by atoms with E-state index < -0.39 is 0 Å². The molecular formula is C22H23N5O2. The molecule has 0 bridgehead atoms. The summed E-state index contributed by atoms with van der Waals surface area (Å²) >= 11 is 0. The fourth-order valence-corrected chi connectivity index (χ4v) is 3.07. The molecule has 0 fully saturated rings. The third-order valence-corrected chi connectivity index (χ3v) is 4.54. The fraction of sp³-hybridized carbons (Fsp3) is 0.227. The SMILES string of the molecule is CCNc1nc(OCCc2ccccc2)nc2c1ncn2-c1ccc(OC)cc1. The number of benzene rings is 2. The van der Waals surface area contributed by atoms with Crippen molar-refractivity contribution in [2.45, 2.75) is 13.3 Å². The zero-order valence-corrected chi connectivity index (χ0v) is 16.5. The molecule has 7 heteroatoms. The Bertz CT molecular complexity index is 1080. The summed E-state index contributed by atoms with van der Waals surface area (Å²) in [5, 5.41) is 3.26. The second kappa shape index (κ2) is 8.60. The van der Waals surface area contributed by atoms with Gasteiger partial charge in [0.15, 0.2) is 17.0 Å². The first-order chi connectivity index (χ1) is 14.3. The molecule has 0 aliphatic rings. The van der Waals surface area contributed by atoms with Crippen LogP contribution in [0.3, 0.4) is 0 Å². The average molecular weight is 389 g/mol. The summed E-state index contributed by atoms with van der Waals surface area (Å²) in [4.78, 5) is 13.7. The molecule has 2 aromatic heterocycles. The lowest BCUT2D eigenvalue weighted by Gasteiger charge is -2.10. The molecule has 0 saturated heterocycles. The number of fused-ring (bicyclic) bond motifs is 1. The normalized spacial score (nSPS) is 10.8. The van der Waals surface area contributed by atoms with Gasteiger partial charge in [-0.25, -0.2) is 4.98 Å². The van der Waals surface area contributed by atoms with E-state index in [2.05, 4.69) is 32.4 Å². The van der Waals surface area contributed by atoms with Crippen LogP contribution in [0.15, 0.2) is 60.9 Å². The van der Waals surface area contributed by atoms with Crippen molar-refractivity contribution in [2.75, 3.05) is 25.6 Å². The molecule has 4 rings (SSSR count). The summed E-state index contributed by atoms with van der Waals surface area (Å²) in [6.45, 7) is 3.24. The minimum absolute atomic E-state index is 0.333. The number of anilines is 1. The Hall–Kier alpha value is -3.61. The van der Waals surface area contributed by atoms with E-state index in [0.29, 0.717) is 29.6 Å². The minimum Gasteiger partial charge on any atom is -0.497 e. The number of rotatable bonds is 8. The molecule has 2 heterocycles. The second-order valence-corrected chi connectivity index (χ2v) is 6.45. The van der Waals surface area contributed by atoms with E-state index in [1.54, 1.807) is 13.4 Å². The number of imidazole rings is 1. The van der Waals surface area contributed by atoms with E-state index in [4.69, 9.17) is 9.47 Å². The van der Waals surface area contributed by atoms with E-state index in [9.17, 15) is 0 Å². The molecule has 2 aromatic carbocycles. The highest BCUT2D eigenvalue weighted by Crippen LogP contribution is 2.25. The Labute approximate surface area is 169 Å². The van der Waals surface area contributed by atoms with Crippen LogP contribution in [-0.4, -0.2) is 39.8 Å². The Kier molecular flexibility index (Phi) is 5.56. The molecule has 0 spiro atoms. The topological polar surface area (TPSA) is 74.1 Å². The molecule has 7 nitrogen and oxygen atoms in total. The summed E-state index contributed by atoms with van der Waals surface area (Å²) < 4.78 is 13.0. The van der Waals surface area contributed by atoms with Crippen molar-refractivity contribution in [1.29, 1.82) is 0 Å². The van der Waals surface area contributed by atoms with Gasteiger partial charge in [-0.1, -0.05) is 30.3 Å². The number of methoxy groups -OCH3 is 1. The second-order valence-electron chi connectivity index (χ2n) is 6.45. The zero-order chi connectivity index (χ0) is 20.1. The Balaban J connectivity index is 1.64. The third kappa shape index (κ3) is 4.13. The highest BCUT2D eigenvalue weighted by Gasteiger charge is 2.15. The molecule has 0 radical (unpaired) electrons. The van der Waals surface area contributed by atoms with Gasteiger partial charge in [-0.2, -0.15) is 9.97 Å². The summed E-state index contributed by atoms with van der Waals surface area (Å²) in [6, 6.07) is 18.3. The predicted octanol–water partition coefficient (Wildman–Crippen LogP) is 3.88. The van der Waals surface area contributed by atoms with Crippen molar-refractivity contribution >= 4 is 17.0 Å². The molecule has 29 heavy (non-hydrogen) atoms. The van der Waals surface area contributed by atoms with Gasteiger partial charge in [-0.15, -0.1) is 0 Å². The smallest absolute Gasteiger partial charge is 0.320 e. The van der Waals surface area contributed by atoms with Gasteiger partial charge in [-0.05, 0) is 36.8 Å². The van der Waals surface area contributed by atoms with Crippen LogP contribution in [0.5, 0.6) is 11.8 Å². The first-order valence-electron chi connectivity index (χ1n) is 9.58. The molecule has 0 amide bonds. The number of hydrogen-bond acceptors (Lipinski definition) is 6. The first kappa shape index (κ1) is 18.7. The van der Waals surface area contributed by atoms with Crippen LogP contribution < -0.4 is 14.8 Å². The quantitative estimate of drug-likeness (QED) is 0.493.